The minimum Gasteiger partial charge on any atom is -0.396 e. The van der Waals surface area contributed by atoms with Crippen LogP contribution >= 0.6 is 0 Å². The normalized spacial score (nSPS) is 10.8. The number of nitrogens with one attached hydrogen (secondary N) is 12. The number of methoxy groups -OCH3 is 1. The summed E-state index contributed by atoms with van der Waals surface area (Å²) in [7, 11) is 1.71. The van der Waals surface area contributed by atoms with Crippen LogP contribution in [0.3, 0.4) is 0 Å². The van der Waals surface area contributed by atoms with Gasteiger partial charge < -0.3 is 73.6 Å². The fourth-order valence-electron chi connectivity index (χ4n) is 6.49. The molecule has 0 aromatic rings. The molecule has 0 aliphatic carbocycles. The van der Waals surface area contributed by atoms with Gasteiger partial charge in [0.2, 0.25) is 0 Å². The maximum atomic E-state index is 8.45. The number of aliphatic hydroxyl groups excluding tert-OH is 1. The van der Waals surface area contributed by atoms with Crippen molar-refractivity contribution in [3.63, 3.8) is 0 Å². The Hall–Kier alpha value is -0.560. The lowest BCUT2D eigenvalue weighted by molar-refractivity contribution is 0.197. The molecular formula is C67H162N12O2. The predicted molar refractivity (Wildman–Crippen MR) is 373 cm³/mol. The third kappa shape index (κ3) is 150. The molecule has 0 aromatic carbocycles. The lowest BCUT2D eigenvalue weighted by atomic mass is 10.2. The van der Waals surface area contributed by atoms with E-state index in [4.69, 9.17) is 9.84 Å². The summed E-state index contributed by atoms with van der Waals surface area (Å²) >= 11 is 0. The first-order valence-electron chi connectivity index (χ1n) is 34.5. The van der Waals surface area contributed by atoms with E-state index < -0.39 is 0 Å². The molecule has 0 aliphatic heterocycles. The molecule has 0 amide bonds. The van der Waals surface area contributed by atoms with E-state index in [1.165, 1.54) is 122 Å². The molecule has 0 unspecified atom stereocenters. The molecule has 14 nitrogen and oxygen atoms in total. The van der Waals surface area contributed by atoms with Crippen LogP contribution in [0.4, 0.5) is 0 Å². The van der Waals surface area contributed by atoms with Gasteiger partial charge in [0, 0.05) is 68.6 Å². The fraction of sp³-hybridized carbons (Fsp3) is 1.00. The van der Waals surface area contributed by atoms with Crippen molar-refractivity contribution >= 4 is 0 Å². The molecule has 0 rings (SSSR count). The van der Waals surface area contributed by atoms with Gasteiger partial charge in [-0.2, -0.15) is 0 Å². The minimum absolute atomic E-state index is 0.335. The van der Waals surface area contributed by atoms with Gasteiger partial charge in [-0.25, -0.2) is 0 Å². The smallest absolute Gasteiger partial charge is 0.0587 e. The number of hydrogen-bond donors (Lipinski definition) is 13. The maximum Gasteiger partial charge on any atom is 0.0587 e. The summed E-state index contributed by atoms with van der Waals surface area (Å²) in [6.07, 6.45) is 22.5. The Bertz CT molecular complexity index is 920. The quantitative estimate of drug-likeness (QED) is 0.0259. The zero-order chi connectivity index (χ0) is 63.3. The van der Waals surface area contributed by atoms with E-state index >= 15 is 0 Å². The third-order valence-corrected chi connectivity index (χ3v) is 11.2. The van der Waals surface area contributed by atoms with Crippen LogP contribution in [-0.4, -0.2) is 178 Å². The standard InChI is InChI=1S/C13H31N3.C10H24N2.C9H22N2.C9H21N.C8H19NO.C6H15NO.2C6H15N/c1-4-5-8-14-9-6-10-15-11-7-12-16-13(2)3;1-4-5-7-11-8-6-9-12-10(2)3;1-4-6-10-7-5-8-11-9(2)3;1-4-5-6-7-8-10-9(2)3;1-8(2)9-6-4-3-5-7-10;1-6(2)7-4-5-8-3;2*1-4-5-7-6(2)3/h13-16H,4-12H2,1-3H3;10-12H,4-9H2,1-3H3;9-11H,4-8H2,1-3H3;9-10H,4-8H2,1-3H3;8-10H,3-7H2,1-2H3;6-7H,4-5H2,1-3H3;2*6-7H,4-5H2,1-3H3. The highest BCUT2D eigenvalue weighted by atomic mass is 16.5. The van der Waals surface area contributed by atoms with E-state index in [1.807, 2.05) is 0 Å². The monoisotopic (exact) mass is 1170 g/mol. The Kier molecular flexibility index (Phi) is 111. The molecule has 0 fully saturated rings. The Morgan fingerprint density at radius 2 is 0.469 bits per heavy atom. The van der Waals surface area contributed by atoms with Crippen LogP contribution < -0.4 is 63.8 Å². The lowest BCUT2D eigenvalue weighted by Crippen LogP contribution is -2.28. The summed E-state index contributed by atoms with van der Waals surface area (Å²) in [5, 5.41) is 48.9. The van der Waals surface area contributed by atoms with Crippen molar-refractivity contribution in [1.82, 2.24) is 63.8 Å². The maximum absolute atomic E-state index is 8.45. The second-order valence-corrected chi connectivity index (χ2v) is 23.8. The molecule has 502 valence electrons. The highest BCUT2D eigenvalue weighted by molar-refractivity contribution is 4.59. The van der Waals surface area contributed by atoms with Crippen molar-refractivity contribution in [2.45, 2.75) is 316 Å². The third-order valence-electron chi connectivity index (χ3n) is 11.2. The average molecular weight is 1170 g/mol. The molecular weight excluding hydrogens is 1000 g/mol. The van der Waals surface area contributed by atoms with E-state index in [0.717, 1.165) is 105 Å². The lowest BCUT2D eigenvalue weighted by Gasteiger charge is -2.08. The molecule has 13 N–H and O–H groups in total. The van der Waals surface area contributed by atoms with Crippen LogP contribution in [0.2, 0.25) is 0 Å². The highest BCUT2D eigenvalue weighted by Crippen LogP contribution is 1.97. The molecule has 14 heteroatoms. The molecule has 0 saturated carbocycles. The zero-order valence-corrected chi connectivity index (χ0v) is 59.9. The van der Waals surface area contributed by atoms with E-state index in [-0.39, 0.29) is 0 Å². The van der Waals surface area contributed by atoms with Gasteiger partial charge in [0.1, 0.15) is 0 Å². The Morgan fingerprint density at radius 1 is 0.235 bits per heavy atom. The van der Waals surface area contributed by atoms with Crippen LogP contribution in [0.15, 0.2) is 0 Å². The van der Waals surface area contributed by atoms with Crippen molar-refractivity contribution < 1.29 is 9.84 Å². The first kappa shape index (κ1) is 96.7. The Morgan fingerprint density at radius 3 is 0.716 bits per heavy atom. The van der Waals surface area contributed by atoms with E-state index in [0.29, 0.717) is 54.9 Å². The summed E-state index contributed by atoms with van der Waals surface area (Å²) in [6, 6.07) is 4.99. The highest BCUT2D eigenvalue weighted by Gasteiger charge is 1.96. The van der Waals surface area contributed by atoms with Gasteiger partial charge in [0.05, 0.1) is 6.61 Å². The second kappa shape index (κ2) is 93.1. The number of ether oxygens (including phenoxy) is 1. The molecule has 0 radical (unpaired) electrons. The first-order valence-corrected chi connectivity index (χ1v) is 34.5. The number of unbranched alkanes of at least 4 members (excludes halogenated alkanes) is 7. The average Bonchev–Trinajstić information content (AvgIpc) is 3.40. The van der Waals surface area contributed by atoms with Crippen molar-refractivity contribution in [1.29, 1.82) is 0 Å². The van der Waals surface area contributed by atoms with Crippen LogP contribution in [0.1, 0.15) is 268 Å². The fourth-order valence-corrected chi connectivity index (χ4v) is 6.49. The second-order valence-electron chi connectivity index (χ2n) is 23.8. The largest absolute Gasteiger partial charge is 0.396 e. The zero-order valence-electron chi connectivity index (χ0n) is 59.9. The van der Waals surface area contributed by atoms with Crippen molar-refractivity contribution in [3.05, 3.63) is 0 Å². The van der Waals surface area contributed by atoms with Crippen molar-refractivity contribution in [3.8, 4) is 0 Å². The molecule has 0 heterocycles. The Labute approximate surface area is 512 Å². The van der Waals surface area contributed by atoms with E-state index in [9.17, 15) is 0 Å². The summed E-state index contributed by atoms with van der Waals surface area (Å²) in [5.41, 5.74) is 0. The minimum atomic E-state index is 0.335. The predicted octanol–water partition coefficient (Wildman–Crippen LogP) is 12.0. The van der Waals surface area contributed by atoms with Gasteiger partial charge in [0.15, 0.2) is 0 Å². The molecule has 0 saturated heterocycles. The van der Waals surface area contributed by atoms with E-state index in [1.54, 1.807) is 7.11 Å². The Balaban J connectivity index is -0.000000127. The molecule has 0 aliphatic rings. The number of hydrogen-bond acceptors (Lipinski definition) is 14. The number of rotatable bonds is 49. The topological polar surface area (TPSA) is 174 Å². The summed E-state index contributed by atoms with van der Waals surface area (Å²) in [6.45, 7) is 67.2. The molecule has 0 atom stereocenters. The van der Waals surface area contributed by atoms with Crippen LogP contribution in [0.5, 0.6) is 0 Å². The van der Waals surface area contributed by atoms with Gasteiger partial charge in [-0.05, 0) is 182 Å². The summed E-state index contributed by atoms with van der Waals surface area (Å²) in [4.78, 5) is 0. The summed E-state index contributed by atoms with van der Waals surface area (Å²) in [5.74, 6) is 0. The van der Waals surface area contributed by atoms with Gasteiger partial charge in [-0.1, -0.05) is 184 Å². The van der Waals surface area contributed by atoms with Crippen LogP contribution in [0, 0.1) is 0 Å². The number of aliphatic hydroxyl groups is 1. The SMILES string of the molecule is CC(C)NCCCCCO.CCCCCCNC(C)C.CCCCNCCCNC(C)C.CCCCNCCCNCCCNC(C)C.CCCNC(C)C.CCCNC(C)C.CCCNCCCNC(C)C.COCCNC(C)C. The molecule has 0 aromatic heterocycles. The summed E-state index contributed by atoms with van der Waals surface area (Å²) < 4.78 is 4.83. The molecule has 81 heavy (non-hydrogen) atoms. The van der Waals surface area contributed by atoms with Crippen molar-refractivity contribution in [2.75, 3.05) is 125 Å². The molecule has 0 bridgehead atoms. The first-order chi connectivity index (χ1) is 38.7. The van der Waals surface area contributed by atoms with Gasteiger partial charge in [0.25, 0.3) is 0 Å². The molecule has 0 spiro atoms. The van der Waals surface area contributed by atoms with E-state index in [2.05, 4.69) is 216 Å². The van der Waals surface area contributed by atoms with Crippen LogP contribution in [-0.2, 0) is 4.74 Å². The van der Waals surface area contributed by atoms with Gasteiger partial charge >= 0.3 is 0 Å². The van der Waals surface area contributed by atoms with Crippen molar-refractivity contribution in [2.24, 2.45) is 0 Å². The van der Waals surface area contributed by atoms with Gasteiger partial charge in [-0.15, -0.1) is 0 Å². The van der Waals surface area contributed by atoms with Gasteiger partial charge in [-0.3, -0.25) is 0 Å². The van der Waals surface area contributed by atoms with Crippen LogP contribution in [0.25, 0.3) is 0 Å².